The Morgan fingerprint density at radius 2 is 2.25 bits per heavy atom. The molecule has 0 unspecified atom stereocenters. The summed E-state index contributed by atoms with van der Waals surface area (Å²) in [5.41, 5.74) is 0.632. The molecule has 1 saturated heterocycles. The molecule has 170 valence electrons. The Bertz CT molecular complexity index is 983. The first-order chi connectivity index (χ1) is 15.4. The molecule has 2 aromatic heterocycles. The number of nitrogens with zero attached hydrogens (tertiary/aromatic N) is 7. The van der Waals surface area contributed by atoms with E-state index in [1.807, 2.05) is 19.9 Å². The second-order valence-corrected chi connectivity index (χ2v) is 7.81. The highest BCUT2D eigenvalue weighted by atomic mass is 16.2. The molecule has 12 nitrogen and oxygen atoms in total. The normalized spacial score (nSPS) is 15.5. The van der Waals surface area contributed by atoms with Gasteiger partial charge in [0.1, 0.15) is 18.8 Å². The number of aromatic nitrogens is 4. The van der Waals surface area contributed by atoms with Crippen LogP contribution in [0.4, 0.5) is 17.5 Å². The predicted octanol–water partition coefficient (Wildman–Crippen LogP) is 0.844. The Morgan fingerprint density at radius 1 is 1.44 bits per heavy atom. The van der Waals surface area contributed by atoms with Crippen LogP contribution in [-0.4, -0.2) is 66.6 Å². The molecule has 0 spiro atoms. The predicted molar refractivity (Wildman–Crippen MR) is 117 cm³/mol. The van der Waals surface area contributed by atoms with E-state index >= 15 is 0 Å². The lowest BCUT2D eigenvalue weighted by atomic mass is 10.2. The van der Waals surface area contributed by atoms with E-state index in [4.69, 9.17) is 11.1 Å². The van der Waals surface area contributed by atoms with Gasteiger partial charge in [-0.15, -0.1) is 0 Å². The van der Waals surface area contributed by atoms with E-state index in [0.29, 0.717) is 30.5 Å². The molecular weight excluding hydrogens is 412 g/mol. The number of nitrogens with two attached hydrogens (primary N) is 1. The molecule has 1 aliphatic rings. The average molecular weight is 441 g/mol. The average Bonchev–Trinajstić information content (AvgIpc) is 3.41. The summed E-state index contributed by atoms with van der Waals surface area (Å²) in [6, 6.07) is 3.59. The summed E-state index contributed by atoms with van der Waals surface area (Å²) in [6.45, 7) is 4.91. The number of nitrogens with one attached hydrogen (secondary N) is 2. The molecule has 1 atom stereocenters. The van der Waals surface area contributed by atoms with E-state index in [2.05, 4.69) is 25.7 Å². The highest BCUT2D eigenvalue weighted by Crippen LogP contribution is 2.19. The highest BCUT2D eigenvalue weighted by Gasteiger charge is 2.28. The van der Waals surface area contributed by atoms with Crippen LogP contribution in [0.2, 0.25) is 0 Å². The molecule has 1 fully saturated rings. The van der Waals surface area contributed by atoms with Crippen LogP contribution in [0.25, 0.3) is 0 Å². The van der Waals surface area contributed by atoms with Gasteiger partial charge < -0.3 is 15.5 Å². The first-order valence-electron chi connectivity index (χ1n) is 10.5. The molecule has 0 aromatic carbocycles. The zero-order valence-corrected chi connectivity index (χ0v) is 18.2. The van der Waals surface area contributed by atoms with Gasteiger partial charge in [0, 0.05) is 37.6 Å². The van der Waals surface area contributed by atoms with Gasteiger partial charge in [0.15, 0.2) is 0 Å². The second-order valence-electron chi connectivity index (χ2n) is 7.81. The maximum absolute atomic E-state index is 12.1. The maximum Gasteiger partial charge on any atom is 0.258 e. The van der Waals surface area contributed by atoms with Crippen molar-refractivity contribution in [3.8, 4) is 6.07 Å². The number of likely N-dealkylation sites (tertiary alicyclic amines) is 1. The number of hydrogen-bond donors (Lipinski definition) is 3. The van der Waals surface area contributed by atoms with Gasteiger partial charge in [-0.2, -0.15) is 15.3 Å². The van der Waals surface area contributed by atoms with Gasteiger partial charge in [-0.3, -0.25) is 19.3 Å². The lowest BCUT2D eigenvalue weighted by Gasteiger charge is -2.24. The third-order valence-corrected chi connectivity index (χ3v) is 5.13. The molecule has 0 radical (unpaired) electrons. The SMILES string of the molecule is CC(C)N(N)C(=O)Cn1cc(Nc2nccc(NC[C@H]3CCCN3C(=O)CC#N)n2)cn1. The van der Waals surface area contributed by atoms with E-state index in [1.165, 1.54) is 9.69 Å². The van der Waals surface area contributed by atoms with Crippen molar-refractivity contribution in [2.45, 2.75) is 51.7 Å². The number of carbonyl (C=O) groups excluding carboxylic acids is 2. The van der Waals surface area contributed by atoms with Crippen LogP contribution in [0.15, 0.2) is 24.7 Å². The van der Waals surface area contributed by atoms with Gasteiger partial charge in [-0.05, 0) is 32.8 Å². The molecule has 2 amide bonds. The summed E-state index contributed by atoms with van der Waals surface area (Å²) in [4.78, 5) is 34.6. The third-order valence-electron chi connectivity index (χ3n) is 5.13. The molecule has 0 aliphatic carbocycles. The fourth-order valence-electron chi connectivity index (χ4n) is 3.44. The van der Waals surface area contributed by atoms with Crippen molar-refractivity contribution < 1.29 is 9.59 Å². The van der Waals surface area contributed by atoms with Crippen LogP contribution in [0.1, 0.15) is 33.1 Å². The molecule has 2 aromatic rings. The minimum absolute atomic E-state index is 0.0290. The molecule has 0 bridgehead atoms. The van der Waals surface area contributed by atoms with Crippen LogP contribution in [0.3, 0.4) is 0 Å². The van der Waals surface area contributed by atoms with Gasteiger partial charge in [0.2, 0.25) is 11.9 Å². The number of nitriles is 1. The molecule has 4 N–H and O–H groups in total. The Morgan fingerprint density at radius 3 is 3.00 bits per heavy atom. The fourth-order valence-corrected chi connectivity index (χ4v) is 3.44. The lowest BCUT2D eigenvalue weighted by Crippen LogP contribution is -2.44. The van der Waals surface area contributed by atoms with Crippen LogP contribution < -0.4 is 16.5 Å². The van der Waals surface area contributed by atoms with E-state index in [0.717, 1.165) is 12.8 Å². The minimum Gasteiger partial charge on any atom is -0.368 e. The smallest absolute Gasteiger partial charge is 0.258 e. The van der Waals surface area contributed by atoms with E-state index < -0.39 is 0 Å². The first-order valence-corrected chi connectivity index (χ1v) is 10.5. The van der Waals surface area contributed by atoms with Gasteiger partial charge in [-0.1, -0.05) is 0 Å². The van der Waals surface area contributed by atoms with Crippen molar-refractivity contribution in [2.75, 3.05) is 23.7 Å². The first kappa shape index (κ1) is 23.0. The quantitative estimate of drug-likeness (QED) is 0.292. The summed E-state index contributed by atoms with van der Waals surface area (Å²) in [6.07, 6.45) is 6.57. The summed E-state index contributed by atoms with van der Waals surface area (Å²) in [5, 5.41) is 20.4. The van der Waals surface area contributed by atoms with Crippen molar-refractivity contribution in [2.24, 2.45) is 5.84 Å². The number of hydrogen-bond acceptors (Lipinski definition) is 9. The molecule has 12 heteroatoms. The zero-order valence-electron chi connectivity index (χ0n) is 18.2. The summed E-state index contributed by atoms with van der Waals surface area (Å²) in [5.74, 6) is 6.33. The van der Waals surface area contributed by atoms with Crippen LogP contribution in [0, 0.1) is 11.3 Å². The number of rotatable bonds is 9. The van der Waals surface area contributed by atoms with E-state index in [-0.39, 0.29) is 36.9 Å². The number of anilines is 3. The largest absolute Gasteiger partial charge is 0.368 e. The molecule has 3 heterocycles. The minimum atomic E-state index is -0.244. The highest BCUT2D eigenvalue weighted by molar-refractivity contribution is 5.79. The third kappa shape index (κ3) is 5.92. The fraction of sp³-hybridized carbons (Fsp3) is 0.500. The van der Waals surface area contributed by atoms with Gasteiger partial charge >= 0.3 is 0 Å². The van der Waals surface area contributed by atoms with Gasteiger partial charge in [-0.25, -0.2) is 10.8 Å². The molecule has 32 heavy (non-hydrogen) atoms. The van der Waals surface area contributed by atoms with Crippen LogP contribution >= 0.6 is 0 Å². The van der Waals surface area contributed by atoms with E-state index in [9.17, 15) is 9.59 Å². The standard InChI is InChI=1S/C20H28N10O2/c1-14(2)30(22)19(32)13-28-12-15(10-25-28)26-20-23-8-6-17(27-20)24-11-16-4-3-9-29(16)18(31)5-7-21/h6,8,10,12,14,16H,3-5,9,11,13,22H2,1-2H3,(H2,23,24,26,27)/t16-/m1/s1. The summed E-state index contributed by atoms with van der Waals surface area (Å²) < 4.78 is 1.49. The molecule has 0 saturated carbocycles. The molecular formula is C20H28N10O2. The van der Waals surface area contributed by atoms with Crippen molar-refractivity contribution in [1.82, 2.24) is 29.7 Å². The Hall–Kier alpha value is -3.72. The van der Waals surface area contributed by atoms with E-state index in [1.54, 1.807) is 29.6 Å². The molecule has 1 aliphatic heterocycles. The molecule has 3 rings (SSSR count). The van der Waals surface area contributed by atoms with Crippen LogP contribution in [0.5, 0.6) is 0 Å². The van der Waals surface area contributed by atoms with Crippen molar-refractivity contribution >= 4 is 29.3 Å². The van der Waals surface area contributed by atoms with Crippen LogP contribution in [-0.2, 0) is 16.1 Å². The lowest BCUT2D eigenvalue weighted by molar-refractivity contribution is -0.134. The summed E-state index contributed by atoms with van der Waals surface area (Å²) >= 11 is 0. The summed E-state index contributed by atoms with van der Waals surface area (Å²) in [7, 11) is 0. The van der Waals surface area contributed by atoms with Crippen molar-refractivity contribution in [3.05, 3.63) is 24.7 Å². The second kappa shape index (κ2) is 10.5. The number of carbonyl (C=O) groups is 2. The Kier molecular flexibility index (Phi) is 7.56. The monoisotopic (exact) mass is 440 g/mol. The van der Waals surface area contributed by atoms with Crippen molar-refractivity contribution in [3.63, 3.8) is 0 Å². The Balaban J connectivity index is 1.55. The number of hydrazine groups is 1. The Labute approximate surface area is 186 Å². The van der Waals surface area contributed by atoms with Gasteiger partial charge in [0.25, 0.3) is 5.91 Å². The topological polar surface area (TPSA) is 158 Å². The zero-order chi connectivity index (χ0) is 23.1. The van der Waals surface area contributed by atoms with Crippen molar-refractivity contribution in [1.29, 1.82) is 5.26 Å². The number of amides is 2. The van der Waals surface area contributed by atoms with Gasteiger partial charge in [0.05, 0.1) is 18.0 Å². The maximum atomic E-state index is 12.1.